The highest BCUT2D eigenvalue weighted by Crippen LogP contribution is 2.16. The first kappa shape index (κ1) is 14.4. The smallest absolute Gasteiger partial charge is 0.0907 e. The third-order valence-corrected chi connectivity index (χ3v) is 4.44. The molecule has 0 amide bonds. The highest BCUT2D eigenvalue weighted by molar-refractivity contribution is 6.84. The van der Waals surface area contributed by atoms with Crippen LogP contribution < -0.4 is 0 Å². The maximum atomic E-state index is 9.02. The summed E-state index contributed by atoms with van der Waals surface area (Å²) in [5.74, 6) is 0.807. The predicted octanol–water partition coefficient (Wildman–Crippen LogP) is 4.53. The summed E-state index contributed by atoms with van der Waals surface area (Å²) in [5, 5.41) is 10.1. The molecule has 0 aromatic carbocycles. The minimum absolute atomic E-state index is 0.807. The summed E-state index contributed by atoms with van der Waals surface area (Å²) < 4.78 is 0. The van der Waals surface area contributed by atoms with Gasteiger partial charge in [0.2, 0.25) is 0 Å². The van der Waals surface area contributed by atoms with Gasteiger partial charge in [-0.1, -0.05) is 52.4 Å². The average molecular weight is 223 g/mol. The lowest BCUT2D eigenvalue weighted by molar-refractivity contribution is 0.540. The molecule has 0 rings (SSSR count). The van der Waals surface area contributed by atoms with E-state index in [4.69, 9.17) is 5.26 Å². The fraction of sp³-hybridized carbons (Fsp3) is 0.769. The molecule has 0 radical (unpaired) electrons. The molecule has 0 saturated heterocycles. The Bertz CT molecular complexity index is 240. The van der Waals surface area contributed by atoms with Crippen molar-refractivity contribution in [3.05, 3.63) is 11.3 Å². The van der Waals surface area contributed by atoms with E-state index in [1.807, 2.05) is 0 Å². The van der Waals surface area contributed by atoms with E-state index in [1.165, 1.54) is 19.3 Å². The molecular formula is C13H25NSi. The fourth-order valence-electron chi connectivity index (χ4n) is 1.46. The summed E-state index contributed by atoms with van der Waals surface area (Å²) in [6.45, 7) is 11.2. The van der Waals surface area contributed by atoms with Gasteiger partial charge in [0.1, 0.15) is 0 Å². The van der Waals surface area contributed by atoms with Gasteiger partial charge in [-0.3, -0.25) is 0 Å². The van der Waals surface area contributed by atoms with Crippen LogP contribution in [0.15, 0.2) is 11.3 Å². The Morgan fingerprint density at radius 1 is 1.27 bits per heavy atom. The zero-order chi connectivity index (χ0) is 11.9. The topological polar surface area (TPSA) is 23.8 Å². The summed E-state index contributed by atoms with van der Waals surface area (Å²) >= 11 is 0. The van der Waals surface area contributed by atoms with Crippen LogP contribution in [0.3, 0.4) is 0 Å². The molecule has 0 atom stereocenters. The molecule has 1 nitrogen and oxygen atoms in total. The van der Waals surface area contributed by atoms with Crippen molar-refractivity contribution in [2.45, 2.75) is 59.2 Å². The van der Waals surface area contributed by atoms with Gasteiger partial charge in [0.05, 0.1) is 14.1 Å². The van der Waals surface area contributed by atoms with E-state index in [0.29, 0.717) is 0 Å². The molecular weight excluding hydrogens is 198 g/mol. The standard InChI is InChI=1S/C13H25NSi/c1-12(2)9-7-6-8-10-13(11-14)15(3,4)5/h10,12H,6-9H2,1-5H3/b13-10-. The number of unbranched alkanes of at least 4 members (excludes halogenated alkanes) is 2. The van der Waals surface area contributed by atoms with Gasteiger partial charge >= 0.3 is 0 Å². The zero-order valence-electron chi connectivity index (χ0n) is 10.9. The van der Waals surface area contributed by atoms with Crippen LogP contribution in [0.25, 0.3) is 0 Å². The lowest BCUT2D eigenvalue weighted by atomic mass is 10.1. The van der Waals surface area contributed by atoms with E-state index >= 15 is 0 Å². The molecule has 0 heterocycles. The molecule has 0 bridgehead atoms. The largest absolute Gasteiger partial charge is 0.193 e. The van der Waals surface area contributed by atoms with Gasteiger partial charge in [0.25, 0.3) is 0 Å². The highest BCUT2D eigenvalue weighted by Gasteiger charge is 2.18. The molecule has 15 heavy (non-hydrogen) atoms. The third kappa shape index (κ3) is 7.38. The summed E-state index contributed by atoms with van der Waals surface area (Å²) in [5.41, 5.74) is 0. The Morgan fingerprint density at radius 2 is 1.87 bits per heavy atom. The molecule has 0 unspecified atom stereocenters. The Labute approximate surface area is 96.2 Å². The van der Waals surface area contributed by atoms with Crippen molar-refractivity contribution in [3.8, 4) is 6.07 Å². The van der Waals surface area contributed by atoms with Gasteiger partial charge < -0.3 is 0 Å². The Kier molecular flexibility index (Phi) is 6.59. The van der Waals surface area contributed by atoms with E-state index in [2.05, 4.69) is 45.6 Å². The van der Waals surface area contributed by atoms with Crippen LogP contribution in [-0.2, 0) is 0 Å². The second-order valence-electron chi connectivity index (χ2n) is 5.66. The Hall–Kier alpha value is -0.553. The third-order valence-electron chi connectivity index (χ3n) is 2.51. The number of allylic oxidation sites excluding steroid dienone is 2. The number of nitrogens with zero attached hydrogens (tertiary/aromatic N) is 1. The van der Waals surface area contributed by atoms with Crippen molar-refractivity contribution >= 4 is 8.07 Å². The number of hydrogen-bond acceptors (Lipinski definition) is 1. The molecule has 0 aromatic heterocycles. The first-order valence-electron chi connectivity index (χ1n) is 5.98. The summed E-state index contributed by atoms with van der Waals surface area (Å²) in [6.07, 6.45) is 7.08. The monoisotopic (exact) mass is 223 g/mol. The molecule has 0 aromatic rings. The van der Waals surface area contributed by atoms with Crippen LogP contribution >= 0.6 is 0 Å². The van der Waals surface area contributed by atoms with Crippen molar-refractivity contribution < 1.29 is 0 Å². The molecule has 0 N–H and O–H groups in total. The van der Waals surface area contributed by atoms with Crippen molar-refractivity contribution in [2.24, 2.45) is 5.92 Å². The van der Waals surface area contributed by atoms with E-state index in [9.17, 15) is 0 Å². The molecule has 0 spiro atoms. The molecule has 86 valence electrons. The lowest BCUT2D eigenvalue weighted by Gasteiger charge is -2.14. The Morgan fingerprint density at radius 3 is 2.27 bits per heavy atom. The van der Waals surface area contributed by atoms with Crippen LogP contribution in [0.2, 0.25) is 19.6 Å². The molecule has 0 saturated carbocycles. The van der Waals surface area contributed by atoms with Gasteiger partial charge in [-0.25, -0.2) is 0 Å². The van der Waals surface area contributed by atoms with Crippen LogP contribution in [-0.4, -0.2) is 8.07 Å². The van der Waals surface area contributed by atoms with E-state index in [-0.39, 0.29) is 0 Å². The number of nitriles is 1. The number of rotatable bonds is 6. The zero-order valence-corrected chi connectivity index (χ0v) is 11.9. The molecule has 2 heteroatoms. The average Bonchev–Trinajstić information content (AvgIpc) is 2.08. The maximum Gasteiger partial charge on any atom is 0.0907 e. The van der Waals surface area contributed by atoms with E-state index in [0.717, 1.165) is 17.5 Å². The number of hydrogen-bond donors (Lipinski definition) is 0. The summed E-state index contributed by atoms with van der Waals surface area (Å²) in [6, 6.07) is 2.36. The van der Waals surface area contributed by atoms with Gasteiger partial charge in [0, 0.05) is 5.20 Å². The minimum atomic E-state index is -1.37. The van der Waals surface area contributed by atoms with E-state index < -0.39 is 8.07 Å². The molecule has 0 aliphatic rings. The van der Waals surface area contributed by atoms with Crippen LogP contribution in [0.5, 0.6) is 0 Å². The maximum absolute atomic E-state index is 9.02. The normalized spacial score (nSPS) is 13.0. The molecule has 0 fully saturated rings. The van der Waals surface area contributed by atoms with Gasteiger partial charge in [-0.15, -0.1) is 0 Å². The van der Waals surface area contributed by atoms with Gasteiger partial charge in [-0.05, 0) is 18.8 Å². The molecule has 0 aliphatic carbocycles. The second-order valence-corrected chi connectivity index (χ2v) is 10.7. The fourth-order valence-corrected chi connectivity index (χ4v) is 2.55. The van der Waals surface area contributed by atoms with Gasteiger partial charge in [-0.2, -0.15) is 5.26 Å². The van der Waals surface area contributed by atoms with Crippen molar-refractivity contribution in [1.82, 2.24) is 0 Å². The quantitative estimate of drug-likeness (QED) is 0.369. The van der Waals surface area contributed by atoms with Crippen LogP contribution in [0.1, 0.15) is 39.5 Å². The first-order valence-corrected chi connectivity index (χ1v) is 9.48. The van der Waals surface area contributed by atoms with Crippen molar-refractivity contribution in [1.29, 1.82) is 5.26 Å². The Balaban J connectivity index is 3.90. The highest BCUT2D eigenvalue weighted by atomic mass is 28.3. The van der Waals surface area contributed by atoms with Crippen molar-refractivity contribution in [3.63, 3.8) is 0 Å². The van der Waals surface area contributed by atoms with Crippen LogP contribution in [0, 0.1) is 17.2 Å². The predicted molar refractivity (Wildman–Crippen MR) is 70.3 cm³/mol. The molecule has 0 aliphatic heterocycles. The summed E-state index contributed by atoms with van der Waals surface area (Å²) in [4.78, 5) is 0. The lowest BCUT2D eigenvalue weighted by Crippen LogP contribution is -2.22. The SMILES string of the molecule is CC(C)CCCC/C=C(/C#N)[Si](C)(C)C. The van der Waals surface area contributed by atoms with E-state index in [1.54, 1.807) is 0 Å². The minimum Gasteiger partial charge on any atom is -0.193 e. The van der Waals surface area contributed by atoms with Crippen molar-refractivity contribution in [2.75, 3.05) is 0 Å². The van der Waals surface area contributed by atoms with Crippen LogP contribution in [0.4, 0.5) is 0 Å². The second kappa shape index (κ2) is 6.84. The first-order chi connectivity index (χ1) is 6.88. The van der Waals surface area contributed by atoms with Gasteiger partial charge in [0.15, 0.2) is 0 Å². The summed E-state index contributed by atoms with van der Waals surface area (Å²) in [7, 11) is -1.37.